The summed E-state index contributed by atoms with van der Waals surface area (Å²) in [6.45, 7) is 9.03. The van der Waals surface area contributed by atoms with Crippen LogP contribution in [0.3, 0.4) is 0 Å². The van der Waals surface area contributed by atoms with Gasteiger partial charge in [-0.05, 0) is 40.5 Å². The first kappa shape index (κ1) is 16.3. The number of rotatable bonds is 2. The number of nitrogens with two attached hydrogens (primary N) is 1. The number of nitrogens with zero attached hydrogens (tertiary/aromatic N) is 3. The highest BCUT2D eigenvalue weighted by Crippen LogP contribution is 2.19. The van der Waals surface area contributed by atoms with Gasteiger partial charge in [-0.1, -0.05) is 0 Å². The number of hydrogen-bond donors (Lipinski definition) is 2. The van der Waals surface area contributed by atoms with Gasteiger partial charge in [0.2, 0.25) is 5.95 Å². The van der Waals surface area contributed by atoms with Crippen molar-refractivity contribution >= 4 is 17.9 Å². The maximum absolute atomic E-state index is 11.9. The smallest absolute Gasteiger partial charge is 0.407 e. The number of aryl methyl sites for hydroxylation is 1. The van der Waals surface area contributed by atoms with E-state index < -0.39 is 5.60 Å². The summed E-state index contributed by atoms with van der Waals surface area (Å²) in [5, 5.41) is 2.93. The van der Waals surface area contributed by atoms with Crippen LogP contribution in [0.25, 0.3) is 0 Å². The van der Waals surface area contributed by atoms with Crippen LogP contribution in [0, 0.1) is 6.92 Å². The van der Waals surface area contributed by atoms with Gasteiger partial charge in [0.05, 0.1) is 0 Å². The van der Waals surface area contributed by atoms with Gasteiger partial charge in [0.1, 0.15) is 11.4 Å². The van der Waals surface area contributed by atoms with Crippen molar-refractivity contribution in [2.75, 3.05) is 23.7 Å². The molecule has 1 saturated heterocycles. The maximum atomic E-state index is 11.9. The zero-order valence-corrected chi connectivity index (χ0v) is 13.7. The Labute approximate surface area is 131 Å². The third-order valence-corrected chi connectivity index (χ3v) is 3.32. The second-order valence-electron chi connectivity index (χ2n) is 6.66. The highest BCUT2D eigenvalue weighted by molar-refractivity contribution is 5.68. The molecule has 3 N–H and O–H groups in total. The van der Waals surface area contributed by atoms with Crippen molar-refractivity contribution in [2.45, 2.75) is 52.2 Å². The first-order valence-electron chi connectivity index (χ1n) is 7.58. The number of carbonyl (C=O) groups is 1. The summed E-state index contributed by atoms with van der Waals surface area (Å²) < 4.78 is 5.31. The number of carbonyl (C=O) groups excluding carboxylic acids is 1. The molecule has 22 heavy (non-hydrogen) atoms. The fourth-order valence-corrected chi connectivity index (χ4v) is 2.51. The lowest BCUT2D eigenvalue weighted by molar-refractivity contribution is 0.0500. The molecule has 7 heteroatoms. The van der Waals surface area contributed by atoms with Crippen LogP contribution in [0.4, 0.5) is 16.6 Å². The number of amides is 1. The molecule has 0 saturated carbocycles. The average Bonchev–Trinajstić information content (AvgIpc) is 2.35. The number of piperidine rings is 1. The van der Waals surface area contributed by atoms with E-state index in [0.717, 1.165) is 30.9 Å². The largest absolute Gasteiger partial charge is 0.444 e. The molecule has 122 valence electrons. The van der Waals surface area contributed by atoms with Crippen molar-refractivity contribution in [3.63, 3.8) is 0 Å². The fraction of sp³-hybridized carbons (Fsp3) is 0.667. The molecule has 2 rings (SSSR count). The summed E-state index contributed by atoms with van der Waals surface area (Å²) >= 11 is 0. The lowest BCUT2D eigenvalue weighted by atomic mass is 10.1. The normalized spacial score (nSPS) is 18.9. The van der Waals surface area contributed by atoms with Crippen LogP contribution in [-0.4, -0.2) is 40.8 Å². The van der Waals surface area contributed by atoms with Crippen molar-refractivity contribution in [1.29, 1.82) is 0 Å². The average molecular weight is 307 g/mol. The molecule has 0 bridgehead atoms. The SMILES string of the molecule is Cc1cc(N2CCC[C@H](NC(=O)OC(C)(C)C)C2)nc(N)n1. The zero-order valence-electron chi connectivity index (χ0n) is 13.7. The standard InChI is InChI=1S/C15H25N5O2/c1-10-8-12(19-13(16)17-10)20-7-5-6-11(9-20)18-14(21)22-15(2,3)4/h8,11H,5-7,9H2,1-4H3,(H,18,21)(H2,16,17,19)/t11-/m0/s1. The van der Waals surface area contributed by atoms with E-state index in [0.29, 0.717) is 6.54 Å². The van der Waals surface area contributed by atoms with Gasteiger partial charge < -0.3 is 20.7 Å². The Kier molecular flexibility index (Phi) is 4.73. The summed E-state index contributed by atoms with van der Waals surface area (Å²) in [7, 11) is 0. The fourth-order valence-electron chi connectivity index (χ4n) is 2.51. The molecule has 1 fully saturated rings. The monoisotopic (exact) mass is 307 g/mol. The minimum atomic E-state index is -0.489. The number of alkyl carbamates (subject to hydrolysis) is 1. The molecule has 1 atom stereocenters. The molecule has 0 unspecified atom stereocenters. The molecular formula is C15H25N5O2. The van der Waals surface area contributed by atoms with E-state index in [-0.39, 0.29) is 18.1 Å². The summed E-state index contributed by atoms with van der Waals surface area (Å²) in [6.07, 6.45) is 1.52. The van der Waals surface area contributed by atoms with Gasteiger partial charge in [0.15, 0.2) is 0 Å². The predicted octanol–water partition coefficient (Wildman–Crippen LogP) is 1.86. The number of anilines is 2. The Bertz CT molecular complexity index is 521. The van der Waals surface area contributed by atoms with Gasteiger partial charge in [-0.25, -0.2) is 9.78 Å². The van der Waals surface area contributed by atoms with Crippen LogP contribution in [0.5, 0.6) is 0 Å². The topological polar surface area (TPSA) is 93.4 Å². The number of hydrogen-bond acceptors (Lipinski definition) is 6. The number of nitrogen functional groups attached to an aromatic ring is 1. The van der Waals surface area contributed by atoms with Crippen LogP contribution in [0.1, 0.15) is 39.3 Å². The van der Waals surface area contributed by atoms with Gasteiger partial charge in [-0.2, -0.15) is 4.98 Å². The molecule has 7 nitrogen and oxygen atoms in total. The highest BCUT2D eigenvalue weighted by atomic mass is 16.6. The minimum absolute atomic E-state index is 0.0418. The third-order valence-electron chi connectivity index (χ3n) is 3.32. The summed E-state index contributed by atoms with van der Waals surface area (Å²) in [6, 6.07) is 1.95. The minimum Gasteiger partial charge on any atom is -0.444 e. The van der Waals surface area contributed by atoms with Crippen LogP contribution in [-0.2, 0) is 4.74 Å². The molecule has 0 radical (unpaired) electrons. The Morgan fingerprint density at radius 3 is 2.82 bits per heavy atom. The van der Waals surface area contributed by atoms with E-state index in [1.165, 1.54) is 0 Å². The summed E-state index contributed by atoms with van der Waals surface area (Å²) in [4.78, 5) is 22.4. The van der Waals surface area contributed by atoms with E-state index in [4.69, 9.17) is 10.5 Å². The van der Waals surface area contributed by atoms with Gasteiger partial charge in [0, 0.05) is 30.9 Å². The van der Waals surface area contributed by atoms with Gasteiger partial charge in [-0.15, -0.1) is 0 Å². The second kappa shape index (κ2) is 6.37. The van der Waals surface area contributed by atoms with Gasteiger partial charge >= 0.3 is 6.09 Å². The molecule has 1 aromatic rings. The van der Waals surface area contributed by atoms with E-state index in [1.54, 1.807) is 0 Å². The Morgan fingerprint density at radius 1 is 1.45 bits per heavy atom. The molecule has 1 aliphatic rings. The predicted molar refractivity (Wildman–Crippen MR) is 85.8 cm³/mol. The lowest BCUT2D eigenvalue weighted by Crippen LogP contribution is -2.49. The van der Waals surface area contributed by atoms with Crippen molar-refractivity contribution in [2.24, 2.45) is 0 Å². The van der Waals surface area contributed by atoms with Gasteiger partial charge in [-0.3, -0.25) is 0 Å². The third kappa shape index (κ3) is 4.75. The van der Waals surface area contributed by atoms with E-state index in [1.807, 2.05) is 33.8 Å². The maximum Gasteiger partial charge on any atom is 0.407 e. The van der Waals surface area contributed by atoms with Crippen LogP contribution in [0.15, 0.2) is 6.07 Å². The van der Waals surface area contributed by atoms with Crippen molar-refractivity contribution in [3.05, 3.63) is 11.8 Å². The van der Waals surface area contributed by atoms with E-state index >= 15 is 0 Å². The molecule has 1 aliphatic heterocycles. The Morgan fingerprint density at radius 2 is 2.18 bits per heavy atom. The second-order valence-corrected chi connectivity index (χ2v) is 6.66. The van der Waals surface area contributed by atoms with Crippen LogP contribution in [0.2, 0.25) is 0 Å². The molecule has 1 amide bonds. The number of aromatic nitrogens is 2. The first-order chi connectivity index (χ1) is 10.2. The number of nitrogens with one attached hydrogen (secondary N) is 1. The van der Waals surface area contributed by atoms with Gasteiger partial charge in [0.25, 0.3) is 0 Å². The number of ether oxygens (including phenoxy) is 1. The molecule has 0 aromatic carbocycles. The molecule has 0 aliphatic carbocycles. The van der Waals surface area contributed by atoms with Crippen molar-refractivity contribution in [1.82, 2.24) is 15.3 Å². The summed E-state index contributed by atoms with van der Waals surface area (Å²) in [5.74, 6) is 1.08. The zero-order chi connectivity index (χ0) is 16.3. The van der Waals surface area contributed by atoms with Crippen molar-refractivity contribution < 1.29 is 9.53 Å². The summed E-state index contributed by atoms with van der Waals surface area (Å²) in [5.41, 5.74) is 6.06. The Hall–Kier alpha value is -2.05. The van der Waals surface area contributed by atoms with Crippen molar-refractivity contribution in [3.8, 4) is 0 Å². The lowest BCUT2D eigenvalue weighted by Gasteiger charge is -2.34. The molecule has 2 heterocycles. The van der Waals surface area contributed by atoms with E-state index in [9.17, 15) is 4.79 Å². The highest BCUT2D eigenvalue weighted by Gasteiger charge is 2.25. The Balaban J connectivity index is 1.98. The van der Waals surface area contributed by atoms with Crippen LogP contribution >= 0.6 is 0 Å². The molecule has 0 spiro atoms. The quantitative estimate of drug-likeness (QED) is 0.866. The molecule has 1 aromatic heterocycles. The molecular weight excluding hydrogens is 282 g/mol. The first-order valence-corrected chi connectivity index (χ1v) is 7.58. The van der Waals surface area contributed by atoms with Crippen LogP contribution < -0.4 is 16.0 Å². The van der Waals surface area contributed by atoms with E-state index in [2.05, 4.69) is 20.2 Å².